The maximum absolute atomic E-state index is 10.8. The smallest absolute Gasteiger partial charge is 0.153 e. The van der Waals surface area contributed by atoms with Crippen molar-refractivity contribution in [2.45, 2.75) is 20.8 Å². The molecule has 0 N–H and O–H groups in total. The monoisotopic (exact) mass is 236 g/mol. The lowest BCUT2D eigenvalue weighted by Crippen LogP contribution is -2.10. The second-order valence-electron chi connectivity index (χ2n) is 4.48. The molecule has 3 nitrogen and oxygen atoms in total. The van der Waals surface area contributed by atoms with Gasteiger partial charge in [0.2, 0.25) is 0 Å². The van der Waals surface area contributed by atoms with Crippen molar-refractivity contribution in [3.8, 4) is 5.75 Å². The molecule has 0 unspecified atom stereocenters. The molecule has 0 bridgehead atoms. The summed E-state index contributed by atoms with van der Waals surface area (Å²) in [5, 5.41) is 0. The number of hydrogen-bond acceptors (Lipinski definition) is 3. The minimum absolute atomic E-state index is 0.469. The van der Waals surface area contributed by atoms with Gasteiger partial charge in [-0.15, -0.1) is 0 Å². The summed E-state index contributed by atoms with van der Waals surface area (Å²) in [7, 11) is 0. The largest absolute Gasteiger partial charge is 0.490 e. The predicted molar refractivity (Wildman–Crippen MR) is 67.7 cm³/mol. The maximum atomic E-state index is 10.8. The van der Waals surface area contributed by atoms with Crippen molar-refractivity contribution in [3.63, 3.8) is 0 Å². The van der Waals surface area contributed by atoms with Crippen LogP contribution in [0.5, 0.6) is 5.75 Å². The minimum Gasteiger partial charge on any atom is -0.490 e. The molecule has 1 aromatic carbocycles. The highest BCUT2D eigenvalue weighted by molar-refractivity contribution is 5.79. The molecule has 0 atom stereocenters. The molecule has 0 fully saturated rings. The van der Waals surface area contributed by atoms with E-state index in [0.717, 1.165) is 18.5 Å². The third kappa shape index (κ3) is 5.00. The average Bonchev–Trinajstić information content (AvgIpc) is 2.29. The van der Waals surface area contributed by atoms with Crippen LogP contribution in [-0.4, -0.2) is 26.1 Å². The van der Waals surface area contributed by atoms with E-state index in [1.807, 2.05) is 25.1 Å². The van der Waals surface area contributed by atoms with Crippen molar-refractivity contribution in [2.75, 3.05) is 19.8 Å². The number of rotatable bonds is 7. The molecule has 0 amide bonds. The standard InChI is InChI=1S/C14H20O3/c1-11(2)10-16-6-7-17-14-5-4-12(3)8-13(14)9-15/h4-5,8-9,11H,6-7,10H2,1-3H3. The molecule has 17 heavy (non-hydrogen) atoms. The van der Waals surface area contributed by atoms with Gasteiger partial charge in [0.15, 0.2) is 6.29 Å². The first-order chi connectivity index (χ1) is 8.13. The third-order valence-electron chi connectivity index (χ3n) is 2.23. The van der Waals surface area contributed by atoms with E-state index in [2.05, 4.69) is 13.8 Å². The number of carbonyl (C=O) groups excluding carboxylic acids is 1. The number of carbonyl (C=O) groups is 1. The first-order valence-corrected chi connectivity index (χ1v) is 5.90. The first kappa shape index (κ1) is 13.7. The molecule has 0 aliphatic rings. The summed E-state index contributed by atoms with van der Waals surface area (Å²) in [6, 6.07) is 5.57. The van der Waals surface area contributed by atoms with Crippen molar-refractivity contribution in [1.82, 2.24) is 0 Å². The predicted octanol–water partition coefficient (Wildman–Crippen LogP) is 2.86. The average molecular weight is 236 g/mol. The van der Waals surface area contributed by atoms with E-state index in [-0.39, 0.29) is 0 Å². The number of ether oxygens (including phenoxy) is 2. The van der Waals surface area contributed by atoms with Gasteiger partial charge in [-0.3, -0.25) is 4.79 Å². The van der Waals surface area contributed by atoms with Crippen LogP contribution in [0.1, 0.15) is 29.8 Å². The van der Waals surface area contributed by atoms with Gasteiger partial charge >= 0.3 is 0 Å². The highest BCUT2D eigenvalue weighted by Gasteiger charge is 2.03. The summed E-state index contributed by atoms with van der Waals surface area (Å²) >= 11 is 0. The Morgan fingerprint density at radius 3 is 2.71 bits per heavy atom. The van der Waals surface area contributed by atoms with E-state index >= 15 is 0 Å². The molecule has 3 heteroatoms. The van der Waals surface area contributed by atoms with Crippen LogP contribution in [0.3, 0.4) is 0 Å². The zero-order valence-electron chi connectivity index (χ0n) is 10.7. The van der Waals surface area contributed by atoms with Crippen LogP contribution < -0.4 is 4.74 Å². The van der Waals surface area contributed by atoms with E-state index in [1.54, 1.807) is 0 Å². The van der Waals surface area contributed by atoms with E-state index < -0.39 is 0 Å². The van der Waals surface area contributed by atoms with Crippen LogP contribution in [-0.2, 0) is 4.74 Å². The second kappa shape index (κ2) is 7.07. The minimum atomic E-state index is 0.469. The Bertz CT molecular complexity index is 358. The normalized spacial score (nSPS) is 10.6. The van der Waals surface area contributed by atoms with Crippen LogP contribution in [0.2, 0.25) is 0 Å². The van der Waals surface area contributed by atoms with Crippen LogP contribution in [0.4, 0.5) is 0 Å². The Morgan fingerprint density at radius 2 is 2.06 bits per heavy atom. The van der Waals surface area contributed by atoms with Crippen molar-refractivity contribution < 1.29 is 14.3 Å². The Kier molecular flexibility index (Phi) is 5.70. The molecule has 0 heterocycles. The molecule has 94 valence electrons. The number of aldehydes is 1. The summed E-state index contributed by atoms with van der Waals surface area (Å²) in [6.07, 6.45) is 0.817. The van der Waals surface area contributed by atoms with Crippen molar-refractivity contribution in [2.24, 2.45) is 5.92 Å². The van der Waals surface area contributed by atoms with Gasteiger partial charge in [0.1, 0.15) is 12.4 Å². The highest BCUT2D eigenvalue weighted by Crippen LogP contribution is 2.17. The SMILES string of the molecule is Cc1ccc(OCCOCC(C)C)c(C=O)c1. The molecular weight excluding hydrogens is 216 g/mol. The van der Waals surface area contributed by atoms with Gasteiger partial charge < -0.3 is 9.47 Å². The maximum Gasteiger partial charge on any atom is 0.153 e. The Morgan fingerprint density at radius 1 is 1.29 bits per heavy atom. The van der Waals surface area contributed by atoms with Crippen LogP contribution >= 0.6 is 0 Å². The van der Waals surface area contributed by atoms with Gasteiger partial charge in [0, 0.05) is 6.61 Å². The zero-order chi connectivity index (χ0) is 12.7. The summed E-state index contributed by atoms with van der Waals surface area (Å²) < 4.78 is 10.9. The third-order valence-corrected chi connectivity index (χ3v) is 2.23. The van der Waals surface area contributed by atoms with Gasteiger partial charge in [0.05, 0.1) is 12.2 Å². The lowest BCUT2D eigenvalue weighted by atomic mass is 10.1. The number of hydrogen-bond donors (Lipinski definition) is 0. The van der Waals surface area contributed by atoms with Gasteiger partial charge in [-0.25, -0.2) is 0 Å². The molecule has 0 spiro atoms. The molecule has 1 rings (SSSR count). The van der Waals surface area contributed by atoms with E-state index in [1.165, 1.54) is 0 Å². The topological polar surface area (TPSA) is 35.5 Å². The van der Waals surface area contributed by atoms with Gasteiger partial charge in [0.25, 0.3) is 0 Å². The van der Waals surface area contributed by atoms with Gasteiger partial charge in [-0.1, -0.05) is 25.5 Å². The Labute approximate surface area is 103 Å². The second-order valence-corrected chi connectivity index (χ2v) is 4.48. The summed E-state index contributed by atoms with van der Waals surface area (Å²) in [4.78, 5) is 10.8. The van der Waals surface area contributed by atoms with Crippen molar-refractivity contribution >= 4 is 6.29 Å². The molecule has 1 aromatic rings. The molecule has 0 aliphatic heterocycles. The van der Waals surface area contributed by atoms with Crippen LogP contribution in [0.15, 0.2) is 18.2 Å². The van der Waals surface area contributed by atoms with E-state index in [0.29, 0.717) is 30.4 Å². The molecule has 0 aliphatic carbocycles. The number of aryl methyl sites for hydroxylation is 1. The fraction of sp³-hybridized carbons (Fsp3) is 0.500. The van der Waals surface area contributed by atoms with Gasteiger partial charge in [-0.2, -0.15) is 0 Å². The Balaban J connectivity index is 2.38. The Hall–Kier alpha value is -1.35. The van der Waals surface area contributed by atoms with E-state index in [4.69, 9.17) is 9.47 Å². The lowest BCUT2D eigenvalue weighted by molar-refractivity contribution is 0.0814. The van der Waals surface area contributed by atoms with Gasteiger partial charge in [-0.05, 0) is 25.0 Å². The zero-order valence-corrected chi connectivity index (χ0v) is 10.7. The molecule has 0 aromatic heterocycles. The molecular formula is C14H20O3. The van der Waals surface area contributed by atoms with Crippen molar-refractivity contribution in [3.05, 3.63) is 29.3 Å². The molecule has 0 saturated heterocycles. The summed E-state index contributed by atoms with van der Waals surface area (Å²) in [5.41, 5.74) is 1.64. The fourth-order valence-corrected chi connectivity index (χ4v) is 1.42. The van der Waals surface area contributed by atoms with Crippen molar-refractivity contribution in [1.29, 1.82) is 0 Å². The summed E-state index contributed by atoms with van der Waals surface area (Å²) in [5.74, 6) is 1.15. The summed E-state index contributed by atoms with van der Waals surface area (Å²) in [6.45, 7) is 7.90. The van der Waals surface area contributed by atoms with E-state index in [9.17, 15) is 4.79 Å². The highest BCUT2D eigenvalue weighted by atomic mass is 16.5. The van der Waals surface area contributed by atoms with Crippen LogP contribution in [0, 0.1) is 12.8 Å². The molecule has 0 radical (unpaired) electrons. The quantitative estimate of drug-likeness (QED) is 0.539. The molecule has 0 saturated carbocycles. The number of benzene rings is 1. The van der Waals surface area contributed by atoms with Crippen LogP contribution in [0.25, 0.3) is 0 Å². The fourth-order valence-electron chi connectivity index (χ4n) is 1.42. The first-order valence-electron chi connectivity index (χ1n) is 5.90. The lowest BCUT2D eigenvalue weighted by Gasteiger charge is -2.10.